The van der Waals surface area contributed by atoms with E-state index in [2.05, 4.69) is 77.7 Å². The lowest BCUT2D eigenvalue weighted by Gasteiger charge is -2.40. The maximum Gasteiger partial charge on any atom is 0.558 e. The molecule has 4 unspecified atom stereocenters. The lowest BCUT2D eigenvalue weighted by Crippen LogP contribution is -2.57. The van der Waals surface area contributed by atoms with Gasteiger partial charge in [0.05, 0.1) is 18.8 Å². The molecule has 13 heteroatoms. The van der Waals surface area contributed by atoms with Gasteiger partial charge in [0, 0.05) is 31.4 Å². The quantitative estimate of drug-likeness (QED) is 0.161. The van der Waals surface area contributed by atoms with Gasteiger partial charge >= 0.3 is 17.7 Å². The van der Waals surface area contributed by atoms with Gasteiger partial charge in [-0.2, -0.15) is 4.98 Å². The van der Waals surface area contributed by atoms with Crippen LogP contribution in [0.1, 0.15) is 53.9 Å². The van der Waals surface area contributed by atoms with Gasteiger partial charge in [0.2, 0.25) is 0 Å². The highest BCUT2D eigenvalue weighted by Gasteiger charge is 2.41. The summed E-state index contributed by atoms with van der Waals surface area (Å²) >= 11 is 2.16. The zero-order valence-electron chi connectivity index (χ0n) is 23.3. The van der Waals surface area contributed by atoms with Gasteiger partial charge < -0.3 is 28.6 Å². The van der Waals surface area contributed by atoms with E-state index in [4.69, 9.17) is 33.0 Å². The van der Waals surface area contributed by atoms with Crippen LogP contribution in [0.15, 0.2) is 29.3 Å². The summed E-state index contributed by atoms with van der Waals surface area (Å²) in [5, 5.41) is 2.93. The predicted molar refractivity (Wildman–Crippen MR) is 161 cm³/mol. The van der Waals surface area contributed by atoms with Crippen LogP contribution >= 0.6 is 22.4 Å². The molecule has 0 aliphatic carbocycles. The van der Waals surface area contributed by atoms with Crippen LogP contribution in [-0.2, 0) is 18.7 Å². The summed E-state index contributed by atoms with van der Waals surface area (Å²) in [5.41, 5.74) is 0.108. The monoisotopic (exact) mass is 624 g/mol. The number of allylic oxidation sites excluding steroid dienone is 1. The number of nitrogens with zero attached hydrogens (tertiary/aromatic N) is 3. The molecule has 0 spiro atoms. The van der Waals surface area contributed by atoms with Crippen molar-refractivity contribution < 1.29 is 18.7 Å². The standard InChI is InChI=1S/C24H40B3IN4O5/c1-11-12-19(8)36-27(32(17(4)5)18(6)7)37-22(20(34-10)15-35-26(9)28)23(25)31-14-13-21(29-16(2)3)30-24(31)33/h1,13-14,17-20,22-23H,2,12,15H2,3-10H3,(H,29,30,33). The molecule has 0 aromatic carbocycles. The Morgan fingerprint density at radius 1 is 1.32 bits per heavy atom. The van der Waals surface area contributed by atoms with Gasteiger partial charge in [-0.3, -0.25) is 4.81 Å². The van der Waals surface area contributed by atoms with Gasteiger partial charge in [-0.1, -0.05) is 34.3 Å². The average molecular weight is 624 g/mol. The van der Waals surface area contributed by atoms with Crippen molar-refractivity contribution in [3.05, 3.63) is 35.0 Å². The Kier molecular flexibility index (Phi) is 15.2. The van der Waals surface area contributed by atoms with Gasteiger partial charge in [-0.05, 0) is 38.8 Å². The molecule has 0 amide bonds. The van der Waals surface area contributed by atoms with Crippen molar-refractivity contribution >= 4 is 48.1 Å². The topological polar surface area (TPSA) is 87.1 Å². The third-order valence-corrected chi connectivity index (χ3v) is 5.81. The number of anilines is 1. The first-order valence-corrected chi connectivity index (χ1v) is 13.6. The minimum absolute atomic E-state index is 0.0726. The molecule has 1 heterocycles. The molecule has 9 nitrogen and oxygen atoms in total. The molecule has 0 bridgehead atoms. The van der Waals surface area contributed by atoms with E-state index in [1.807, 2.05) is 13.7 Å². The van der Waals surface area contributed by atoms with Crippen molar-refractivity contribution in [2.24, 2.45) is 0 Å². The SMILES string of the molecule is [B]C(C(OB(OC(C)CC#C)N(C(C)C)C(C)C)C(COB(C)I)OC)n1ccc(NC(=C)C)nc1=O. The number of halogens is 1. The molecule has 202 valence electrons. The summed E-state index contributed by atoms with van der Waals surface area (Å²) in [6.07, 6.45) is 5.75. The van der Waals surface area contributed by atoms with Crippen LogP contribution in [0.5, 0.6) is 0 Å². The van der Waals surface area contributed by atoms with E-state index in [1.54, 1.807) is 26.3 Å². The van der Waals surface area contributed by atoms with E-state index in [-0.39, 0.29) is 29.6 Å². The van der Waals surface area contributed by atoms with Crippen LogP contribution in [0.3, 0.4) is 0 Å². The summed E-state index contributed by atoms with van der Waals surface area (Å²) in [6.45, 7) is 17.8. The summed E-state index contributed by atoms with van der Waals surface area (Å²) in [5.74, 6) is 2.04. The Morgan fingerprint density at radius 2 is 1.95 bits per heavy atom. The van der Waals surface area contributed by atoms with Crippen molar-refractivity contribution in [2.75, 3.05) is 19.0 Å². The molecule has 1 rings (SSSR count). The van der Waals surface area contributed by atoms with Crippen LogP contribution in [0.4, 0.5) is 5.82 Å². The first kappa shape index (κ1) is 33.7. The zero-order valence-corrected chi connectivity index (χ0v) is 25.5. The lowest BCUT2D eigenvalue weighted by atomic mass is 9.85. The number of terminal acetylenes is 1. The van der Waals surface area contributed by atoms with E-state index < -0.39 is 31.1 Å². The predicted octanol–water partition coefficient (Wildman–Crippen LogP) is 3.36. The van der Waals surface area contributed by atoms with Gasteiger partial charge in [0.25, 0.3) is 0 Å². The Hall–Kier alpha value is -1.30. The van der Waals surface area contributed by atoms with Crippen LogP contribution < -0.4 is 11.0 Å². The molecule has 0 saturated carbocycles. The largest absolute Gasteiger partial charge is 0.558 e. The Bertz CT molecular complexity index is 936. The molecule has 1 aromatic rings. The number of rotatable bonds is 17. The molecule has 0 aliphatic rings. The fourth-order valence-corrected chi connectivity index (χ4v) is 4.01. The number of aromatic nitrogens is 2. The maximum atomic E-state index is 13.0. The zero-order chi connectivity index (χ0) is 28.3. The van der Waals surface area contributed by atoms with Gasteiger partial charge in [0.15, 0.2) is 0 Å². The Balaban J connectivity index is 3.51. The second-order valence-electron chi connectivity index (χ2n) is 9.45. The van der Waals surface area contributed by atoms with Gasteiger partial charge in [-0.25, -0.2) is 4.79 Å². The van der Waals surface area contributed by atoms with Crippen LogP contribution in [0.25, 0.3) is 0 Å². The summed E-state index contributed by atoms with van der Waals surface area (Å²) in [6, 6.07) is 1.79. The Labute approximate surface area is 238 Å². The summed E-state index contributed by atoms with van der Waals surface area (Å²) < 4.78 is 25.7. The molecule has 0 aliphatic heterocycles. The molecule has 0 saturated heterocycles. The molecule has 4 atom stereocenters. The van der Waals surface area contributed by atoms with Crippen molar-refractivity contribution in [1.82, 2.24) is 14.4 Å². The number of ether oxygens (including phenoxy) is 1. The molecule has 1 N–H and O–H groups in total. The van der Waals surface area contributed by atoms with E-state index in [0.29, 0.717) is 17.9 Å². The highest BCUT2D eigenvalue weighted by atomic mass is 127. The average Bonchev–Trinajstić information content (AvgIpc) is 2.77. The normalized spacial score (nSPS) is 14.8. The van der Waals surface area contributed by atoms with Crippen molar-refractivity contribution in [2.45, 2.75) is 91.1 Å². The van der Waals surface area contributed by atoms with E-state index in [9.17, 15) is 4.79 Å². The third-order valence-electron chi connectivity index (χ3n) is 5.45. The fourth-order valence-electron chi connectivity index (χ4n) is 3.80. The highest BCUT2D eigenvalue weighted by molar-refractivity contribution is 14.1. The number of methoxy groups -OCH3 is 1. The first-order chi connectivity index (χ1) is 17.3. The molecule has 1 aromatic heterocycles. The van der Waals surface area contributed by atoms with Crippen LogP contribution in [-0.4, -0.2) is 78.3 Å². The van der Waals surface area contributed by atoms with Gasteiger partial charge in [-0.15, -0.1) is 34.7 Å². The minimum Gasteiger partial charge on any atom is -0.423 e. The minimum atomic E-state index is -0.966. The third kappa shape index (κ3) is 11.1. The molecular formula is C24H40B3IN4O5. The lowest BCUT2D eigenvalue weighted by molar-refractivity contribution is -0.0567. The maximum absolute atomic E-state index is 13.0. The fraction of sp³-hybridized carbons (Fsp3) is 0.667. The number of hydrogen-bond acceptors (Lipinski definition) is 8. The van der Waals surface area contributed by atoms with E-state index >= 15 is 0 Å². The molecule has 37 heavy (non-hydrogen) atoms. The van der Waals surface area contributed by atoms with E-state index in [0.717, 1.165) is 0 Å². The first-order valence-electron chi connectivity index (χ1n) is 12.4. The smallest absolute Gasteiger partial charge is 0.423 e. The summed E-state index contributed by atoms with van der Waals surface area (Å²) in [7, 11) is 7.41. The molecule has 0 fully saturated rings. The van der Waals surface area contributed by atoms with Crippen molar-refractivity contribution in [1.29, 1.82) is 0 Å². The highest BCUT2D eigenvalue weighted by Crippen LogP contribution is 2.23. The number of hydrogen-bond donors (Lipinski definition) is 1. The van der Waals surface area contributed by atoms with Crippen LogP contribution in [0.2, 0.25) is 6.82 Å². The van der Waals surface area contributed by atoms with E-state index in [1.165, 1.54) is 4.57 Å². The van der Waals surface area contributed by atoms with Crippen molar-refractivity contribution in [3.8, 4) is 12.3 Å². The molecular weight excluding hydrogens is 584 g/mol. The second-order valence-corrected chi connectivity index (χ2v) is 11.2. The Morgan fingerprint density at radius 3 is 2.41 bits per heavy atom. The van der Waals surface area contributed by atoms with Crippen molar-refractivity contribution in [3.63, 3.8) is 0 Å². The second kappa shape index (κ2) is 16.6. The summed E-state index contributed by atoms with van der Waals surface area (Å²) in [4.78, 5) is 19.1. The van der Waals surface area contributed by atoms with Gasteiger partial charge in [0.1, 0.15) is 19.8 Å². The molecule has 2 radical (unpaired) electrons. The van der Waals surface area contributed by atoms with Crippen LogP contribution in [0, 0.1) is 12.3 Å². The number of nitrogens with one attached hydrogen (secondary N) is 1.